The van der Waals surface area contributed by atoms with Crippen molar-refractivity contribution < 1.29 is 4.79 Å². The Bertz CT molecular complexity index is 965. The van der Waals surface area contributed by atoms with Crippen molar-refractivity contribution in [2.24, 2.45) is 0 Å². The number of rotatable bonds is 4. The van der Waals surface area contributed by atoms with Gasteiger partial charge in [0.1, 0.15) is 0 Å². The molecule has 1 saturated heterocycles. The molecular weight excluding hydrogens is 428 g/mol. The predicted octanol–water partition coefficient (Wildman–Crippen LogP) is 4.29. The Morgan fingerprint density at radius 3 is 2.45 bits per heavy atom. The summed E-state index contributed by atoms with van der Waals surface area (Å²) in [5.74, 6) is 0.107. The van der Waals surface area contributed by atoms with Crippen molar-refractivity contribution in [2.45, 2.75) is 19.9 Å². The topological polar surface area (TPSA) is 41.4 Å². The van der Waals surface area contributed by atoms with Crippen LogP contribution in [0.5, 0.6) is 0 Å². The molecule has 0 unspecified atom stereocenters. The average Bonchev–Trinajstić information content (AvgIpc) is 3.04. The molecular formula is C23H25BrN4O. The van der Waals surface area contributed by atoms with E-state index in [0.717, 1.165) is 54.9 Å². The summed E-state index contributed by atoms with van der Waals surface area (Å²) in [4.78, 5) is 17.4. The van der Waals surface area contributed by atoms with E-state index in [0.29, 0.717) is 0 Å². The van der Waals surface area contributed by atoms with E-state index in [-0.39, 0.29) is 5.91 Å². The van der Waals surface area contributed by atoms with E-state index in [1.807, 2.05) is 35.4 Å². The summed E-state index contributed by atoms with van der Waals surface area (Å²) in [6, 6.07) is 16.4. The van der Waals surface area contributed by atoms with E-state index < -0.39 is 0 Å². The molecule has 0 N–H and O–H groups in total. The van der Waals surface area contributed by atoms with Gasteiger partial charge in [0.25, 0.3) is 5.91 Å². The zero-order valence-electron chi connectivity index (χ0n) is 16.6. The third-order valence-electron chi connectivity index (χ3n) is 5.33. The van der Waals surface area contributed by atoms with Gasteiger partial charge in [-0.15, -0.1) is 0 Å². The standard InChI is InChI=1S/C23H25BrN4O/c1-18-3-5-19(6-4-18)16-26-11-2-12-27(14-13-26)23(29)20-7-9-22(10-8-20)28-17-21(24)15-25-28/h3-10,15,17H,2,11-14,16H2,1H3. The second kappa shape index (κ2) is 8.93. The van der Waals surface area contributed by atoms with E-state index in [1.165, 1.54) is 11.1 Å². The van der Waals surface area contributed by atoms with Crippen LogP contribution in [0.3, 0.4) is 0 Å². The van der Waals surface area contributed by atoms with E-state index >= 15 is 0 Å². The molecule has 5 nitrogen and oxygen atoms in total. The first-order valence-corrected chi connectivity index (χ1v) is 10.8. The van der Waals surface area contributed by atoms with Crippen LogP contribution in [0.2, 0.25) is 0 Å². The lowest BCUT2D eigenvalue weighted by atomic mass is 10.1. The van der Waals surface area contributed by atoms with Gasteiger partial charge in [-0.1, -0.05) is 29.8 Å². The summed E-state index contributed by atoms with van der Waals surface area (Å²) >= 11 is 3.41. The van der Waals surface area contributed by atoms with E-state index in [9.17, 15) is 4.79 Å². The molecule has 1 aliphatic rings. The fraction of sp³-hybridized carbons (Fsp3) is 0.304. The van der Waals surface area contributed by atoms with Crippen LogP contribution in [0.1, 0.15) is 27.9 Å². The molecule has 4 rings (SSSR count). The Morgan fingerprint density at radius 1 is 1.00 bits per heavy atom. The molecule has 1 aromatic heterocycles. The number of aromatic nitrogens is 2. The highest BCUT2D eigenvalue weighted by atomic mass is 79.9. The van der Waals surface area contributed by atoms with Crippen LogP contribution in [-0.2, 0) is 6.54 Å². The summed E-state index contributed by atoms with van der Waals surface area (Å²) < 4.78 is 2.71. The van der Waals surface area contributed by atoms with Crippen LogP contribution in [0, 0.1) is 6.92 Å². The van der Waals surface area contributed by atoms with Gasteiger partial charge in [0.05, 0.1) is 16.4 Å². The molecule has 0 radical (unpaired) electrons. The normalized spacial score (nSPS) is 15.3. The SMILES string of the molecule is Cc1ccc(CN2CCCN(C(=O)c3ccc(-n4cc(Br)cn4)cc3)CC2)cc1. The van der Waals surface area contributed by atoms with E-state index in [1.54, 1.807) is 10.9 Å². The fourth-order valence-electron chi connectivity index (χ4n) is 3.67. The first-order chi connectivity index (χ1) is 14.1. The number of amides is 1. The fourth-order valence-corrected chi connectivity index (χ4v) is 3.95. The monoisotopic (exact) mass is 452 g/mol. The van der Waals surface area contributed by atoms with Crippen LogP contribution >= 0.6 is 15.9 Å². The van der Waals surface area contributed by atoms with Crippen LogP contribution in [0.4, 0.5) is 0 Å². The molecule has 0 atom stereocenters. The van der Waals surface area contributed by atoms with Crippen molar-refractivity contribution in [1.82, 2.24) is 19.6 Å². The van der Waals surface area contributed by atoms with Gasteiger partial charge in [0, 0.05) is 44.5 Å². The number of benzene rings is 2. The number of hydrogen-bond acceptors (Lipinski definition) is 3. The summed E-state index contributed by atoms with van der Waals surface area (Å²) in [6.45, 7) is 6.54. The third kappa shape index (κ3) is 4.95. The van der Waals surface area contributed by atoms with E-state index in [4.69, 9.17) is 0 Å². The Labute approximate surface area is 180 Å². The molecule has 2 heterocycles. The van der Waals surface area contributed by atoms with Crippen molar-refractivity contribution in [3.63, 3.8) is 0 Å². The zero-order chi connectivity index (χ0) is 20.2. The third-order valence-corrected chi connectivity index (χ3v) is 5.74. The van der Waals surface area contributed by atoms with Gasteiger partial charge in [0.2, 0.25) is 0 Å². The molecule has 3 aromatic rings. The molecule has 1 amide bonds. The lowest BCUT2D eigenvalue weighted by molar-refractivity contribution is 0.0761. The van der Waals surface area contributed by atoms with Gasteiger partial charge in [-0.05, 0) is 59.1 Å². The molecule has 0 aliphatic carbocycles. The molecule has 0 spiro atoms. The van der Waals surface area contributed by atoms with Gasteiger partial charge >= 0.3 is 0 Å². The van der Waals surface area contributed by atoms with Crippen molar-refractivity contribution in [3.05, 3.63) is 82.1 Å². The van der Waals surface area contributed by atoms with Crippen LogP contribution in [0.15, 0.2) is 65.4 Å². The van der Waals surface area contributed by atoms with Crippen molar-refractivity contribution in [1.29, 1.82) is 0 Å². The van der Waals surface area contributed by atoms with Crippen molar-refractivity contribution in [3.8, 4) is 5.69 Å². The van der Waals surface area contributed by atoms with Crippen molar-refractivity contribution >= 4 is 21.8 Å². The Hall–Kier alpha value is -2.44. The maximum absolute atomic E-state index is 13.0. The van der Waals surface area contributed by atoms with E-state index in [2.05, 4.69) is 57.1 Å². The first-order valence-electron chi connectivity index (χ1n) is 9.96. The lowest BCUT2D eigenvalue weighted by Gasteiger charge is -2.22. The highest BCUT2D eigenvalue weighted by Gasteiger charge is 2.20. The van der Waals surface area contributed by atoms with Crippen LogP contribution < -0.4 is 0 Å². The summed E-state index contributed by atoms with van der Waals surface area (Å²) in [5, 5.41) is 4.28. The summed E-state index contributed by atoms with van der Waals surface area (Å²) in [5.41, 5.74) is 4.28. The number of nitrogens with zero attached hydrogens (tertiary/aromatic N) is 4. The second-order valence-electron chi connectivity index (χ2n) is 7.56. The maximum Gasteiger partial charge on any atom is 0.253 e. The van der Waals surface area contributed by atoms with Gasteiger partial charge in [0.15, 0.2) is 0 Å². The molecule has 1 aliphatic heterocycles. The molecule has 0 saturated carbocycles. The average molecular weight is 453 g/mol. The molecule has 0 bridgehead atoms. The quantitative estimate of drug-likeness (QED) is 0.592. The van der Waals surface area contributed by atoms with Crippen LogP contribution in [-0.4, -0.2) is 51.7 Å². The molecule has 1 fully saturated rings. The number of halogens is 1. The van der Waals surface area contributed by atoms with Crippen molar-refractivity contribution in [2.75, 3.05) is 26.2 Å². The lowest BCUT2D eigenvalue weighted by Crippen LogP contribution is -2.35. The number of hydrogen-bond donors (Lipinski definition) is 0. The Morgan fingerprint density at radius 2 is 1.76 bits per heavy atom. The minimum atomic E-state index is 0.107. The number of carbonyl (C=O) groups excluding carboxylic acids is 1. The largest absolute Gasteiger partial charge is 0.337 e. The molecule has 2 aromatic carbocycles. The minimum Gasteiger partial charge on any atom is -0.337 e. The summed E-state index contributed by atoms with van der Waals surface area (Å²) in [7, 11) is 0. The molecule has 150 valence electrons. The van der Waals surface area contributed by atoms with Gasteiger partial charge < -0.3 is 4.90 Å². The van der Waals surface area contributed by atoms with Gasteiger partial charge in [-0.2, -0.15) is 5.10 Å². The van der Waals surface area contributed by atoms with Gasteiger partial charge in [-0.3, -0.25) is 9.69 Å². The summed E-state index contributed by atoms with van der Waals surface area (Å²) in [6.07, 6.45) is 4.64. The van der Waals surface area contributed by atoms with Gasteiger partial charge in [-0.25, -0.2) is 4.68 Å². The maximum atomic E-state index is 13.0. The molecule has 29 heavy (non-hydrogen) atoms. The number of carbonyl (C=O) groups is 1. The highest BCUT2D eigenvalue weighted by Crippen LogP contribution is 2.16. The Kier molecular flexibility index (Phi) is 6.11. The highest BCUT2D eigenvalue weighted by molar-refractivity contribution is 9.10. The molecule has 6 heteroatoms. The Balaban J connectivity index is 1.37. The predicted molar refractivity (Wildman–Crippen MR) is 118 cm³/mol. The minimum absolute atomic E-state index is 0.107. The van der Waals surface area contributed by atoms with Crippen LogP contribution in [0.25, 0.3) is 5.69 Å². The second-order valence-corrected chi connectivity index (χ2v) is 8.47. The number of aryl methyl sites for hydroxylation is 1. The first kappa shape index (κ1) is 19.9. The zero-order valence-corrected chi connectivity index (χ0v) is 18.2. The smallest absolute Gasteiger partial charge is 0.253 e.